The SMILES string of the molecule is CC1CC(ON(O)O)CC(ON(O)O)C1. The van der Waals surface area contributed by atoms with Gasteiger partial charge in [-0.05, 0) is 18.8 Å². The van der Waals surface area contributed by atoms with E-state index in [1.165, 1.54) is 0 Å². The molecule has 1 saturated carbocycles. The maximum atomic E-state index is 8.48. The molecule has 0 bridgehead atoms. The summed E-state index contributed by atoms with van der Waals surface area (Å²) >= 11 is 0. The quantitative estimate of drug-likeness (QED) is 0.513. The number of rotatable bonds is 4. The van der Waals surface area contributed by atoms with Crippen molar-refractivity contribution in [2.45, 2.75) is 38.4 Å². The van der Waals surface area contributed by atoms with Crippen LogP contribution in [0.3, 0.4) is 0 Å². The number of nitrogens with zero attached hydrogens (tertiary/aromatic N) is 2. The highest BCUT2D eigenvalue weighted by atomic mass is 17.1. The lowest BCUT2D eigenvalue weighted by atomic mass is 9.87. The Labute approximate surface area is 86.6 Å². The average Bonchev–Trinajstić information content (AvgIpc) is 1.98. The average molecular weight is 224 g/mol. The van der Waals surface area contributed by atoms with Crippen molar-refractivity contribution in [3.63, 3.8) is 0 Å². The first-order chi connectivity index (χ1) is 6.97. The molecule has 0 aromatic heterocycles. The monoisotopic (exact) mass is 224 g/mol. The molecule has 1 rings (SSSR count). The summed E-state index contributed by atoms with van der Waals surface area (Å²) in [6.45, 7) is 1.93. The van der Waals surface area contributed by atoms with Crippen LogP contribution in [0.25, 0.3) is 0 Å². The largest absolute Gasteiger partial charge is 0.266 e. The van der Waals surface area contributed by atoms with Crippen molar-refractivity contribution >= 4 is 0 Å². The third kappa shape index (κ3) is 4.82. The van der Waals surface area contributed by atoms with Gasteiger partial charge in [-0.25, -0.2) is 9.68 Å². The molecule has 1 aliphatic carbocycles. The van der Waals surface area contributed by atoms with Gasteiger partial charge in [0.15, 0.2) is 0 Å². The zero-order valence-electron chi connectivity index (χ0n) is 8.35. The van der Waals surface area contributed by atoms with E-state index in [0.29, 0.717) is 19.3 Å². The second-order valence-electron chi connectivity index (χ2n) is 3.77. The highest BCUT2D eigenvalue weighted by molar-refractivity contribution is 4.77. The highest BCUT2D eigenvalue weighted by Gasteiger charge is 2.30. The fraction of sp³-hybridized carbons (Fsp3) is 1.00. The standard InChI is InChI=1S/C7H16N2O6/c1-5-2-6(14-8(10)11)4-7(3-5)15-9(12)13/h5-7,10-13H,2-4H2,1H3. The summed E-state index contributed by atoms with van der Waals surface area (Å²) in [5, 5.41) is 33.2. The fourth-order valence-electron chi connectivity index (χ4n) is 1.92. The minimum absolute atomic E-state index is 0.230. The smallest absolute Gasteiger partial charge is 0.0872 e. The Morgan fingerprint density at radius 3 is 1.60 bits per heavy atom. The van der Waals surface area contributed by atoms with Gasteiger partial charge in [0, 0.05) is 6.42 Å². The Balaban J connectivity index is 2.41. The van der Waals surface area contributed by atoms with E-state index in [-0.39, 0.29) is 16.7 Å². The van der Waals surface area contributed by atoms with E-state index in [0.717, 1.165) is 0 Å². The fourth-order valence-corrected chi connectivity index (χ4v) is 1.92. The Morgan fingerprint density at radius 1 is 0.867 bits per heavy atom. The molecule has 0 aromatic rings. The molecule has 0 aromatic carbocycles. The maximum absolute atomic E-state index is 8.48. The van der Waals surface area contributed by atoms with Crippen molar-refractivity contribution in [3.8, 4) is 0 Å². The van der Waals surface area contributed by atoms with Gasteiger partial charge in [0.05, 0.1) is 23.0 Å². The van der Waals surface area contributed by atoms with E-state index in [1.807, 2.05) is 6.92 Å². The van der Waals surface area contributed by atoms with Crippen molar-refractivity contribution < 1.29 is 30.5 Å². The first kappa shape index (κ1) is 12.7. The van der Waals surface area contributed by atoms with Crippen LogP contribution in [0.15, 0.2) is 0 Å². The second-order valence-corrected chi connectivity index (χ2v) is 3.77. The lowest BCUT2D eigenvalue weighted by molar-refractivity contribution is -0.520. The van der Waals surface area contributed by atoms with Gasteiger partial charge in [-0.15, -0.1) is 0 Å². The molecule has 0 amide bonds. The third-order valence-electron chi connectivity index (χ3n) is 2.34. The normalized spacial score (nSPS) is 32.6. The lowest BCUT2D eigenvalue weighted by Crippen LogP contribution is -2.37. The van der Waals surface area contributed by atoms with Crippen LogP contribution < -0.4 is 0 Å². The summed E-state index contributed by atoms with van der Waals surface area (Å²) in [6, 6.07) is 0. The van der Waals surface area contributed by atoms with Crippen LogP contribution in [0.2, 0.25) is 0 Å². The van der Waals surface area contributed by atoms with Gasteiger partial charge >= 0.3 is 0 Å². The maximum Gasteiger partial charge on any atom is 0.0872 e. The van der Waals surface area contributed by atoms with E-state index in [1.54, 1.807) is 0 Å². The van der Waals surface area contributed by atoms with Crippen molar-refractivity contribution in [1.29, 1.82) is 0 Å². The Hall–Kier alpha value is -0.320. The molecular weight excluding hydrogens is 208 g/mol. The Bertz CT molecular complexity index is 168. The summed E-state index contributed by atoms with van der Waals surface area (Å²) in [7, 11) is 0. The van der Waals surface area contributed by atoms with Gasteiger partial charge in [0.2, 0.25) is 0 Å². The van der Waals surface area contributed by atoms with E-state index in [2.05, 4.69) is 9.68 Å². The summed E-state index contributed by atoms with van der Waals surface area (Å²) in [6.07, 6.45) is 0.796. The van der Waals surface area contributed by atoms with Crippen molar-refractivity contribution in [1.82, 2.24) is 10.8 Å². The number of hydrogen-bond acceptors (Lipinski definition) is 8. The Morgan fingerprint density at radius 2 is 1.27 bits per heavy atom. The van der Waals surface area contributed by atoms with Crippen LogP contribution in [0.5, 0.6) is 0 Å². The molecule has 0 spiro atoms. The summed E-state index contributed by atoms with van der Waals surface area (Å²) < 4.78 is 0. The van der Waals surface area contributed by atoms with E-state index < -0.39 is 12.2 Å². The van der Waals surface area contributed by atoms with Gasteiger partial charge in [0.25, 0.3) is 0 Å². The van der Waals surface area contributed by atoms with Gasteiger partial charge < -0.3 is 0 Å². The van der Waals surface area contributed by atoms with Gasteiger partial charge in [0.1, 0.15) is 0 Å². The molecule has 0 heterocycles. The molecule has 0 aliphatic heterocycles. The van der Waals surface area contributed by atoms with Crippen LogP contribution >= 0.6 is 0 Å². The molecule has 8 nitrogen and oxygen atoms in total. The molecule has 2 unspecified atom stereocenters. The molecule has 0 radical (unpaired) electrons. The molecule has 4 N–H and O–H groups in total. The van der Waals surface area contributed by atoms with Gasteiger partial charge in [-0.3, -0.25) is 20.8 Å². The summed E-state index contributed by atoms with van der Waals surface area (Å²) in [4.78, 5) is 9.31. The van der Waals surface area contributed by atoms with Crippen molar-refractivity contribution in [3.05, 3.63) is 0 Å². The van der Waals surface area contributed by atoms with Gasteiger partial charge in [-0.2, -0.15) is 0 Å². The van der Waals surface area contributed by atoms with Crippen molar-refractivity contribution in [2.24, 2.45) is 5.92 Å². The zero-order chi connectivity index (χ0) is 11.4. The molecule has 2 atom stereocenters. The predicted molar refractivity (Wildman–Crippen MR) is 43.6 cm³/mol. The summed E-state index contributed by atoms with van der Waals surface area (Å²) in [5.74, 6) is 0.230. The van der Waals surface area contributed by atoms with Crippen molar-refractivity contribution in [2.75, 3.05) is 0 Å². The van der Waals surface area contributed by atoms with E-state index >= 15 is 0 Å². The lowest BCUT2D eigenvalue weighted by Gasteiger charge is -2.32. The first-order valence-electron chi connectivity index (χ1n) is 4.66. The second kappa shape index (κ2) is 5.68. The molecule has 8 heteroatoms. The van der Waals surface area contributed by atoms with Crippen LogP contribution in [0.1, 0.15) is 26.2 Å². The summed E-state index contributed by atoms with van der Waals surface area (Å²) in [5.41, 5.74) is 0. The topological polar surface area (TPSA) is 106 Å². The van der Waals surface area contributed by atoms with Gasteiger partial charge in [-0.1, -0.05) is 6.92 Å². The van der Waals surface area contributed by atoms with Crippen LogP contribution in [-0.2, 0) is 9.68 Å². The molecule has 15 heavy (non-hydrogen) atoms. The minimum atomic E-state index is -0.423. The predicted octanol–water partition coefficient (Wildman–Crippen LogP) is 0.568. The molecule has 1 aliphatic rings. The van der Waals surface area contributed by atoms with Crippen LogP contribution in [0.4, 0.5) is 0 Å². The highest BCUT2D eigenvalue weighted by Crippen LogP contribution is 2.28. The molecular formula is C7H16N2O6. The first-order valence-corrected chi connectivity index (χ1v) is 4.66. The van der Waals surface area contributed by atoms with Crippen LogP contribution in [0, 0.1) is 5.92 Å². The Kier molecular flexibility index (Phi) is 4.83. The molecule has 1 fully saturated rings. The van der Waals surface area contributed by atoms with E-state index in [9.17, 15) is 0 Å². The molecule has 90 valence electrons. The van der Waals surface area contributed by atoms with E-state index in [4.69, 9.17) is 20.8 Å². The molecule has 0 saturated heterocycles. The van der Waals surface area contributed by atoms with Crippen LogP contribution in [-0.4, -0.2) is 43.8 Å². The third-order valence-corrected chi connectivity index (χ3v) is 2.34. The minimum Gasteiger partial charge on any atom is -0.266 e. The zero-order valence-corrected chi connectivity index (χ0v) is 8.35. The number of hydrogen-bond donors (Lipinski definition) is 4.